The van der Waals surface area contributed by atoms with Crippen LogP contribution in [-0.4, -0.2) is 0 Å². The summed E-state index contributed by atoms with van der Waals surface area (Å²) < 4.78 is 0. The summed E-state index contributed by atoms with van der Waals surface area (Å²) in [6.07, 6.45) is 1.71. The van der Waals surface area contributed by atoms with E-state index in [-0.39, 0.29) is 17.0 Å². The average molecular weight is 180 g/mol. The van der Waals surface area contributed by atoms with E-state index < -0.39 is 0 Å². The Bertz CT molecular complexity index is 20.9. The van der Waals surface area contributed by atoms with Crippen molar-refractivity contribution >= 4 is 0 Å². The first-order valence-corrected chi connectivity index (χ1v) is 1.74. The molecular formula is C3H5BrNi. The topological polar surface area (TPSA) is 0 Å². The van der Waals surface area contributed by atoms with Gasteiger partial charge in [0, 0.05) is 0 Å². The molecule has 0 heterocycles. The second kappa shape index (κ2) is 8.83. The number of hydrogen-bond donors (Lipinski definition) is 0. The van der Waals surface area contributed by atoms with E-state index in [0.29, 0.717) is 5.39 Å². The van der Waals surface area contributed by atoms with E-state index >= 15 is 0 Å². The summed E-state index contributed by atoms with van der Waals surface area (Å²) in [5.74, 6) is 0. The molecule has 2 heteroatoms. The molecule has 0 rings (SSSR count). The molecule has 34 valence electrons. The minimum atomic E-state index is 0. The van der Waals surface area contributed by atoms with Gasteiger partial charge >= 0.3 is 33.5 Å². The van der Waals surface area contributed by atoms with Crippen LogP contribution >= 0.6 is 0 Å². The fourth-order valence-corrected chi connectivity index (χ4v) is 0. The van der Waals surface area contributed by atoms with Crippen LogP contribution in [0.3, 0.4) is 0 Å². The van der Waals surface area contributed by atoms with Crippen LogP contribution in [0, 0.1) is 0 Å². The van der Waals surface area contributed by atoms with Crippen molar-refractivity contribution in [3.05, 3.63) is 12.7 Å². The Balaban J connectivity index is 0. The Hall–Kier alpha value is 0.714. The van der Waals surface area contributed by atoms with Crippen LogP contribution in [0.4, 0.5) is 0 Å². The molecule has 5 heavy (non-hydrogen) atoms. The second-order valence-corrected chi connectivity index (χ2v) is 0.821. The molecule has 0 radical (unpaired) electrons. The van der Waals surface area contributed by atoms with Gasteiger partial charge in [0.05, 0.1) is 0 Å². The first-order valence-electron chi connectivity index (χ1n) is 1.04. The van der Waals surface area contributed by atoms with Crippen molar-refractivity contribution in [1.29, 1.82) is 0 Å². The Labute approximate surface area is 50.8 Å². The number of rotatable bonds is 1. The predicted octanol–water partition coefficient (Wildman–Crippen LogP) is -1.86. The Morgan fingerprint density at radius 3 is 2.00 bits per heavy atom. The molecule has 0 saturated carbocycles. The summed E-state index contributed by atoms with van der Waals surface area (Å²) in [6, 6.07) is 0. The fraction of sp³-hybridized carbons (Fsp3) is 0.333. The molecule has 0 fully saturated rings. The Morgan fingerprint density at radius 1 is 1.80 bits per heavy atom. The molecule has 0 nitrogen and oxygen atoms in total. The second-order valence-electron chi connectivity index (χ2n) is 0.418. The molecule has 0 aliphatic carbocycles. The molecular weight excluding hydrogens is 175 g/mol. The van der Waals surface area contributed by atoms with Gasteiger partial charge in [0.1, 0.15) is 0 Å². The third kappa shape index (κ3) is 11.8. The normalized spacial score (nSPS) is 5.20. The van der Waals surface area contributed by atoms with Crippen LogP contribution in [0.2, 0.25) is 5.39 Å². The van der Waals surface area contributed by atoms with E-state index in [9.17, 15) is 0 Å². The average Bonchev–Trinajstić information content (AvgIpc) is 1.37. The Morgan fingerprint density at radius 2 is 2.00 bits per heavy atom. The Kier molecular flexibility index (Phi) is 16.3. The van der Waals surface area contributed by atoms with Gasteiger partial charge < -0.3 is 17.0 Å². The van der Waals surface area contributed by atoms with Gasteiger partial charge in [-0.25, -0.2) is 0 Å². The van der Waals surface area contributed by atoms with Gasteiger partial charge in [0.2, 0.25) is 0 Å². The fourth-order valence-electron chi connectivity index (χ4n) is 0. The third-order valence-electron chi connectivity index (χ3n) is 0.0913. The number of halogens is 1. The molecule has 0 saturated heterocycles. The van der Waals surface area contributed by atoms with Gasteiger partial charge in [-0.2, -0.15) is 0 Å². The quantitative estimate of drug-likeness (QED) is 0.327. The summed E-state index contributed by atoms with van der Waals surface area (Å²) in [5, 5.41) is 0.708. The molecule has 0 atom stereocenters. The SMILES string of the molecule is C=C[CH2][Ni+].[Br-]. The van der Waals surface area contributed by atoms with Crippen molar-refractivity contribution in [3.63, 3.8) is 0 Å². The van der Waals surface area contributed by atoms with E-state index in [2.05, 4.69) is 22.0 Å². The maximum Gasteiger partial charge on any atom is -1.00 e. The molecule has 0 aromatic rings. The largest absolute Gasteiger partial charge is 1.00 e. The number of hydrogen-bond acceptors (Lipinski definition) is 0. The molecule has 0 amide bonds. The van der Waals surface area contributed by atoms with E-state index in [1.54, 1.807) is 6.08 Å². The van der Waals surface area contributed by atoms with Crippen molar-refractivity contribution in [3.8, 4) is 0 Å². The van der Waals surface area contributed by atoms with Crippen LogP contribution in [0.25, 0.3) is 0 Å². The van der Waals surface area contributed by atoms with Crippen molar-refractivity contribution in [2.75, 3.05) is 0 Å². The first kappa shape index (κ1) is 9.20. The van der Waals surface area contributed by atoms with E-state index in [4.69, 9.17) is 0 Å². The zero-order valence-corrected chi connectivity index (χ0v) is 5.26. The maximum absolute atomic E-state index is 4.20. The van der Waals surface area contributed by atoms with Crippen LogP contribution in [0.5, 0.6) is 0 Å². The summed E-state index contributed by atoms with van der Waals surface area (Å²) in [5.41, 5.74) is 0. The third-order valence-corrected chi connectivity index (χ3v) is 0.376. The van der Waals surface area contributed by atoms with Gasteiger partial charge in [0.15, 0.2) is 0 Å². The van der Waals surface area contributed by atoms with Crippen LogP contribution in [0.15, 0.2) is 12.7 Å². The maximum atomic E-state index is 4.20. The molecule has 0 aromatic heterocycles. The monoisotopic (exact) mass is 178 g/mol. The summed E-state index contributed by atoms with van der Waals surface area (Å²) in [4.78, 5) is 0. The smallest absolute Gasteiger partial charge is 1.00 e. The zero-order valence-electron chi connectivity index (χ0n) is 2.69. The summed E-state index contributed by atoms with van der Waals surface area (Å²) in [7, 11) is 0. The van der Waals surface area contributed by atoms with Crippen molar-refractivity contribution in [2.24, 2.45) is 0 Å². The molecule has 0 unspecified atom stereocenters. The van der Waals surface area contributed by atoms with E-state index in [1.807, 2.05) is 0 Å². The van der Waals surface area contributed by atoms with Gasteiger partial charge in [-0.05, 0) is 0 Å². The molecule has 0 aromatic carbocycles. The van der Waals surface area contributed by atoms with Crippen LogP contribution in [0.1, 0.15) is 0 Å². The minimum absolute atomic E-state index is 0. The molecule has 0 aliphatic rings. The zero-order chi connectivity index (χ0) is 3.41. The summed E-state index contributed by atoms with van der Waals surface area (Å²) >= 11 is 4.20. The number of allylic oxidation sites excluding steroid dienone is 1. The van der Waals surface area contributed by atoms with E-state index in [1.165, 1.54) is 0 Å². The van der Waals surface area contributed by atoms with Gasteiger partial charge in [-0.3, -0.25) is 0 Å². The van der Waals surface area contributed by atoms with Crippen LogP contribution in [-0.2, 0) is 15.5 Å². The standard InChI is InChI=1S/C3H5.BrH.Ni/c1-3-2;;/h3H,1-2H2;1H;/q;;+1/p-1. The first-order chi connectivity index (χ1) is 1.91. The summed E-state index contributed by atoms with van der Waals surface area (Å²) in [6.45, 7) is 3.39. The predicted molar refractivity (Wildman–Crippen MR) is 15.0 cm³/mol. The van der Waals surface area contributed by atoms with Crippen molar-refractivity contribution in [2.45, 2.75) is 5.39 Å². The van der Waals surface area contributed by atoms with Crippen molar-refractivity contribution in [1.82, 2.24) is 0 Å². The van der Waals surface area contributed by atoms with Gasteiger partial charge in [-0.1, -0.05) is 0 Å². The molecule has 0 N–H and O–H groups in total. The molecule has 0 aliphatic heterocycles. The van der Waals surface area contributed by atoms with E-state index in [0.717, 1.165) is 0 Å². The van der Waals surface area contributed by atoms with Gasteiger partial charge in [-0.15, -0.1) is 0 Å². The molecule has 0 spiro atoms. The van der Waals surface area contributed by atoms with Crippen molar-refractivity contribution < 1.29 is 32.4 Å². The van der Waals surface area contributed by atoms with Gasteiger partial charge in [0.25, 0.3) is 0 Å². The minimum Gasteiger partial charge on any atom is -1.00 e. The van der Waals surface area contributed by atoms with Crippen LogP contribution < -0.4 is 17.0 Å². The molecule has 0 bridgehead atoms.